The van der Waals surface area contributed by atoms with Gasteiger partial charge in [0, 0.05) is 29.4 Å². The Morgan fingerprint density at radius 3 is 1.63 bits per heavy atom. The smallest absolute Gasteiger partial charge is 0.349 e. The van der Waals surface area contributed by atoms with E-state index in [2.05, 4.69) is 36.4 Å². The molecule has 0 bridgehead atoms. The molecule has 0 fully saturated rings. The predicted molar refractivity (Wildman–Crippen MR) is 206 cm³/mol. The number of carbonyl (C=O) groups excluding carboxylic acids is 2. The van der Waals surface area contributed by atoms with Crippen LogP contribution in [0.4, 0.5) is 0 Å². The van der Waals surface area contributed by atoms with Crippen molar-refractivity contribution in [3.8, 4) is 0 Å². The number of aromatic nitrogens is 2. The summed E-state index contributed by atoms with van der Waals surface area (Å²) < 4.78 is 7.87. The molecule has 0 unspecified atom stereocenters. The summed E-state index contributed by atoms with van der Waals surface area (Å²) in [5.41, 5.74) is -0.161. The number of benzene rings is 5. The second kappa shape index (κ2) is 14.2. The van der Waals surface area contributed by atoms with Crippen LogP contribution in [0.25, 0.3) is 10.8 Å². The molecule has 0 saturated heterocycles. The van der Waals surface area contributed by atoms with Gasteiger partial charge in [-0.15, -0.1) is 0 Å². The lowest BCUT2D eigenvalue weighted by Gasteiger charge is -2.37. The molecule has 0 aliphatic carbocycles. The van der Waals surface area contributed by atoms with E-state index < -0.39 is 22.7 Å². The number of rotatable bonds is 10. The molecule has 0 saturated carbocycles. The standard InChI is InChI=1S/C45H47N3O4/c1-31(2)48(32(3)4)41(49)35-24-23-34-28-39(26-25-33(34)27-35)45(51,42(50)52-43(5,6)7)40-29-47(30-46-40)44(36-17-11-8-12-18-36,37-19-13-9-14-20-37)38-21-15-10-16-22-38/h8-32,51H,1-7H3/t45-/m0/s1. The number of aliphatic hydroxyl groups is 1. The number of nitrogens with zero attached hydrogens (tertiary/aromatic N) is 3. The van der Waals surface area contributed by atoms with Crippen molar-refractivity contribution in [2.24, 2.45) is 0 Å². The summed E-state index contributed by atoms with van der Waals surface area (Å²) in [6, 6.07) is 41.3. The highest BCUT2D eigenvalue weighted by atomic mass is 16.6. The van der Waals surface area contributed by atoms with Crippen molar-refractivity contribution in [1.82, 2.24) is 14.5 Å². The summed E-state index contributed by atoms with van der Waals surface area (Å²) in [6.07, 6.45) is 3.42. The molecule has 1 heterocycles. The lowest BCUT2D eigenvalue weighted by molar-refractivity contribution is -0.174. The highest BCUT2D eigenvalue weighted by molar-refractivity contribution is 5.99. The Hall–Kier alpha value is -5.53. The van der Waals surface area contributed by atoms with Gasteiger partial charge in [-0.2, -0.15) is 0 Å². The van der Waals surface area contributed by atoms with Gasteiger partial charge in [0.15, 0.2) is 0 Å². The van der Waals surface area contributed by atoms with Gasteiger partial charge in [0.1, 0.15) is 16.8 Å². The lowest BCUT2D eigenvalue weighted by atomic mass is 9.76. The van der Waals surface area contributed by atoms with Crippen molar-refractivity contribution in [2.45, 2.75) is 77.3 Å². The molecule has 0 radical (unpaired) electrons. The maximum absolute atomic E-state index is 14.3. The number of fused-ring (bicyclic) bond motifs is 1. The van der Waals surface area contributed by atoms with Gasteiger partial charge in [0.25, 0.3) is 5.91 Å². The average Bonchev–Trinajstić information content (AvgIpc) is 3.62. The number of amides is 1. The van der Waals surface area contributed by atoms with Crippen LogP contribution >= 0.6 is 0 Å². The SMILES string of the molecule is CC(C)N(C(=O)c1ccc2cc([C@@](O)(C(=O)OC(C)(C)C)c3cn(C(c4ccccc4)(c4ccccc4)c4ccccc4)cn3)ccc2c1)C(C)C. The van der Waals surface area contributed by atoms with E-state index in [-0.39, 0.29) is 23.7 Å². The first kappa shape index (κ1) is 36.3. The third-order valence-electron chi connectivity index (χ3n) is 9.46. The quantitative estimate of drug-likeness (QED) is 0.115. The molecule has 0 spiro atoms. The fourth-order valence-corrected chi connectivity index (χ4v) is 7.22. The minimum atomic E-state index is -2.27. The van der Waals surface area contributed by atoms with E-state index in [9.17, 15) is 14.7 Å². The van der Waals surface area contributed by atoms with Gasteiger partial charge in [0.2, 0.25) is 5.60 Å². The van der Waals surface area contributed by atoms with Gasteiger partial charge < -0.3 is 19.3 Å². The van der Waals surface area contributed by atoms with Gasteiger partial charge in [-0.05, 0) is 94.1 Å². The Labute approximate surface area is 306 Å². The number of hydrogen-bond acceptors (Lipinski definition) is 5. The molecule has 1 atom stereocenters. The Balaban J connectivity index is 1.53. The van der Waals surface area contributed by atoms with Crippen molar-refractivity contribution in [1.29, 1.82) is 0 Å². The van der Waals surface area contributed by atoms with Crippen molar-refractivity contribution in [3.05, 3.63) is 173 Å². The second-order valence-electron chi connectivity index (χ2n) is 14.9. The lowest BCUT2D eigenvalue weighted by Crippen LogP contribution is -2.43. The van der Waals surface area contributed by atoms with Crippen LogP contribution in [0.3, 0.4) is 0 Å². The molecular weight excluding hydrogens is 647 g/mol. The summed E-state index contributed by atoms with van der Waals surface area (Å²) in [5, 5.41) is 14.3. The molecule has 6 aromatic rings. The molecule has 7 nitrogen and oxygen atoms in total. The van der Waals surface area contributed by atoms with Crippen LogP contribution in [0.2, 0.25) is 0 Å². The fraction of sp³-hybridized carbons (Fsp3) is 0.267. The zero-order valence-corrected chi connectivity index (χ0v) is 30.9. The van der Waals surface area contributed by atoms with Crippen LogP contribution in [0, 0.1) is 0 Å². The monoisotopic (exact) mass is 693 g/mol. The molecule has 7 heteroatoms. The van der Waals surface area contributed by atoms with E-state index in [1.54, 1.807) is 51.5 Å². The molecule has 1 aromatic heterocycles. The third kappa shape index (κ3) is 6.64. The van der Waals surface area contributed by atoms with Crippen molar-refractivity contribution in [3.63, 3.8) is 0 Å². The fourth-order valence-electron chi connectivity index (χ4n) is 7.22. The Morgan fingerprint density at radius 2 is 1.15 bits per heavy atom. The van der Waals surface area contributed by atoms with Crippen LogP contribution in [0.1, 0.15) is 86.8 Å². The van der Waals surface area contributed by atoms with E-state index >= 15 is 0 Å². The second-order valence-corrected chi connectivity index (χ2v) is 14.9. The largest absolute Gasteiger partial charge is 0.457 e. The van der Waals surface area contributed by atoms with E-state index in [0.29, 0.717) is 11.1 Å². The van der Waals surface area contributed by atoms with Gasteiger partial charge in [0.05, 0.1) is 6.33 Å². The molecule has 5 aromatic carbocycles. The molecule has 1 amide bonds. The zero-order chi connectivity index (χ0) is 37.3. The summed E-state index contributed by atoms with van der Waals surface area (Å²) in [6.45, 7) is 13.3. The number of esters is 1. The van der Waals surface area contributed by atoms with Crippen molar-refractivity contribution < 1.29 is 19.4 Å². The normalized spacial score (nSPS) is 13.3. The first-order valence-electron chi connectivity index (χ1n) is 17.8. The molecule has 266 valence electrons. The van der Waals surface area contributed by atoms with Crippen LogP contribution in [-0.4, -0.2) is 49.1 Å². The van der Waals surface area contributed by atoms with E-state index in [0.717, 1.165) is 27.5 Å². The third-order valence-corrected chi connectivity index (χ3v) is 9.46. The first-order chi connectivity index (χ1) is 24.8. The predicted octanol–water partition coefficient (Wildman–Crippen LogP) is 8.71. The van der Waals surface area contributed by atoms with Crippen LogP contribution in [0.15, 0.2) is 140 Å². The molecule has 0 aliphatic heterocycles. The van der Waals surface area contributed by atoms with Crippen molar-refractivity contribution >= 4 is 22.6 Å². The Bertz CT molecular complexity index is 2060. The van der Waals surface area contributed by atoms with E-state index in [1.807, 2.05) is 110 Å². The Kier molecular flexibility index (Phi) is 9.93. The molecule has 1 N–H and O–H groups in total. The first-order valence-corrected chi connectivity index (χ1v) is 17.8. The van der Waals surface area contributed by atoms with E-state index in [4.69, 9.17) is 9.72 Å². The van der Waals surface area contributed by atoms with Gasteiger partial charge in [-0.3, -0.25) is 4.79 Å². The van der Waals surface area contributed by atoms with Crippen LogP contribution in [-0.2, 0) is 20.7 Å². The molecule has 0 aliphatic rings. The summed E-state index contributed by atoms with van der Waals surface area (Å²) in [7, 11) is 0. The van der Waals surface area contributed by atoms with Gasteiger partial charge in [-0.1, -0.05) is 109 Å². The maximum Gasteiger partial charge on any atom is 0.349 e. The summed E-state index contributed by atoms with van der Waals surface area (Å²) in [4.78, 5) is 34.4. The topological polar surface area (TPSA) is 84.7 Å². The van der Waals surface area contributed by atoms with Gasteiger partial charge >= 0.3 is 5.97 Å². The van der Waals surface area contributed by atoms with Gasteiger partial charge in [-0.25, -0.2) is 9.78 Å². The van der Waals surface area contributed by atoms with Crippen LogP contribution in [0.5, 0.6) is 0 Å². The van der Waals surface area contributed by atoms with Crippen LogP contribution < -0.4 is 0 Å². The molecular formula is C45H47N3O4. The van der Waals surface area contributed by atoms with E-state index in [1.165, 1.54) is 0 Å². The highest BCUT2D eigenvalue weighted by Crippen LogP contribution is 2.42. The maximum atomic E-state index is 14.3. The Morgan fingerprint density at radius 1 is 0.673 bits per heavy atom. The average molecular weight is 694 g/mol. The molecule has 6 rings (SSSR count). The molecule has 52 heavy (non-hydrogen) atoms. The summed E-state index contributed by atoms with van der Waals surface area (Å²) in [5.74, 6) is -0.892. The number of imidazole rings is 1. The number of carbonyl (C=O) groups is 2. The van der Waals surface area contributed by atoms with Crippen molar-refractivity contribution in [2.75, 3.05) is 0 Å². The number of hydrogen-bond donors (Lipinski definition) is 1. The minimum absolute atomic E-state index is 0.0404. The highest BCUT2D eigenvalue weighted by Gasteiger charge is 2.47. The zero-order valence-electron chi connectivity index (χ0n) is 30.9. The summed E-state index contributed by atoms with van der Waals surface area (Å²) >= 11 is 0. The minimum Gasteiger partial charge on any atom is -0.457 e. The number of ether oxygens (including phenoxy) is 1.